The molecule has 0 fully saturated rings. The van der Waals surface area contributed by atoms with E-state index in [9.17, 15) is 0 Å². The van der Waals surface area contributed by atoms with E-state index in [1.807, 2.05) is 24.3 Å². The number of ether oxygens (including phenoxy) is 3. The average Bonchev–Trinajstić information content (AvgIpc) is 2.71. The largest absolute Gasteiger partial charge is 0.497 e. The molecule has 0 spiro atoms. The standard InChI is InChI=1S/C18H23NO3.C2H2O4/c1-20-16-7-4-15(5-8-16)13-19-11-10-14-6-9-17(21-2)18(12-14)22-3;3-1(4)2(5)6/h4-9,12,19H,10-11,13H2,1-3H3;(H,3,4)(H,5,6). The van der Waals surface area contributed by atoms with Crippen LogP contribution in [0.25, 0.3) is 0 Å². The highest BCUT2D eigenvalue weighted by Crippen LogP contribution is 2.27. The number of carboxylic acid groups (broad SMARTS) is 2. The molecule has 152 valence electrons. The van der Waals surface area contributed by atoms with E-state index < -0.39 is 11.9 Å². The minimum atomic E-state index is -1.82. The summed E-state index contributed by atoms with van der Waals surface area (Å²) < 4.78 is 15.7. The molecule has 28 heavy (non-hydrogen) atoms. The van der Waals surface area contributed by atoms with Crippen molar-refractivity contribution in [2.24, 2.45) is 0 Å². The number of aliphatic carboxylic acids is 2. The molecule has 0 aliphatic heterocycles. The molecule has 2 rings (SSSR count). The highest BCUT2D eigenvalue weighted by molar-refractivity contribution is 6.27. The summed E-state index contributed by atoms with van der Waals surface area (Å²) in [7, 11) is 4.98. The van der Waals surface area contributed by atoms with Crippen molar-refractivity contribution in [2.45, 2.75) is 13.0 Å². The molecule has 0 bridgehead atoms. The van der Waals surface area contributed by atoms with Gasteiger partial charge in [0.05, 0.1) is 21.3 Å². The van der Waals surface area contributed by atoms with Crippen LogP contribution in [0.1, 0.15) is 11.1 Å². The van der Waals surface area contributed by atoms with Crippen LogP contribution >= 0.6 is 0 Å². The molecule has 0 saturated heterocycles. The molecule has 8 nitrogen and oxygen atoms in total. The van der Waals surface area contributed by atoms with E-state index >= 15 is 0 Å². The first-order valence-corrected chi connectivity index (χ1v) is 8.42. The van der Waals surface area contributed by atoms with Gasteiger partial charge in [0.25, 0.3) is 0 Å². The fraction of sp³-hybridized carbons (Fsp3) is 0.300. The summed E-state index contributed by atoms with van der Waals surface area (Å²) >= 11 is 0. The van der Waals surface area contributed by atoms with Gasteiger partial charge < -0.3 is 29.7 Å². The normalized spacial score (nSPS) is 9.68. The van der Waals surface area contributed by atoms with Gasteiger partial charge in [0.1, 0.15) is 5.75 Å². The van der Waals surface area contributed by atoms with Gasteiger partial charge >= 0.3 is 11.9 Å². The first kappa shape index (κ1) is 22.8. The van der Waals surface area contributed by atoms with Crippen LogP contribution in [0.3, 0.4) is 0 Å². The number of benzene rings is 2. The fourth-order valence-electron chi connectivity index (χ4n) is 2.24. The van der Waals surface area contributed by atoms with Gasteiger partial charge in [-0.1, -0.05) is 18.2 Å². The highest BCUT2D eigenvalue weighted by atomic mass is 16.5. The molecule has 2 aromatic carbocycles. The Labute approximate surface area is 163 Å². The van der Waals surface area contributed by atoms with Gasteiger partial charge in [-0.2, -0.15) is 0 Å². The van der Waals surface area contributed by atoms with Crippen molar-refractivity contribution in [2.75, 3.05) is 27.9 Å². The van der Waals surface area contributed by atoms with Crippen LogP contribution in [0.2, 0.25) is 0 Å². The maximum atomic E-state index is 9.10. The molecule has 0 amide bonds. The SMILES string of the molecule is COc1ccc(CNCCc2ccc(OC)c(OC)c2)cc1.O=C(O)C(=O)O. The van der Waals surface area contributed by atoms with Crippen LogP contribution in [0.15, 0.2) is 42.5 Å². The summed E-state index contributed by atoms with van der Waals surface area (Å²) in [5.41, 5.74) is 2.47. The molecule has 0 aliphatic carbocycles. The van der Waals surface area contributed by atoms with Gasteiger partial charge in [-0.05, 0) is 48.4 Å². The predicted molar refractivity (Wildman–Crippen MR) is 103 cm³/mol. The number of carboxylic acids is 2. The third kappa shape index (κ3) is 7.96. The van der Waals surface area contributed by atoms with Gasteiger partial charge in [-0.15, -0.1) is 0 Å². The molecular weight excluding hydrogens is 366 g/mol. The average molecular weight is 391 g/mol. The van der Waals surface area contributed by atoms with Crippen LogP contribution < -0.4 is 19.5 Å². The van der Waals surface area contributed by atoms with Crippen molar-refractivity contribution in [1.29, 1.82) is 0 Å². The third-order valence-electron chi connectivity index (χ3n) is 3.71. The summed E-state index contributed by atoms with van der Waals surface area (Å²) in [5, 5.41) is 18.2. The van der Waals surface area contributed by atoms with Crippen LogP contribution in [-0.4, -0.2) is 50.0 Å². The van der Waals surface area contributed by atoms with Crippen molar-refractivity contribution in [1.82, 2.24) is 5.32 Å². The minimum absolute atomic E-state index is 0.762. The van der Waals surface area contributed by atoms with Crippen molar-refractivity contribution >= 4 is 11.9 Å². The molecule has 0 radical (unpaired) electrons. The van der Waals surface area contributed by atoms with Gasteiger partial charge in [0, 0.05) is 6.54 Å². The Morgan fingerprint density at radius 3 is 1.89 bits per heavy atom. The first-order valence-electron chi connectivity index (χ1n) is 8.42. The van der Waals surface area contributed by atoms with Crippen LogP contribution in [0.4, 0.5) is 0 Å². The second kappa shape index (κ2) is 12.2. The fourth-order valence-corrected chi connectivity index (χ4v) is 2.24. The highest BCUT2D eigenvalue weighted by Gasteiger charge is 2.05. The Morgan fingerprint density at radius 1 is 0.821 bits per heavy atom. The third-order valence-corrected chi connectivity index (χ3v) is 3.71. The molecule has 0 unspecified atom stereocenters. The lowest BCUT2D eigenvalue weighted by Crippen LogP contribution is -2.16. The number of hydrogen-bond acceptors (Lipinski definition) is 6. The number of hydrogen-bond donors (Lipinski definition) is 3. The predicted octanol–water partition coefficient (Wildman–Crippen LogP) is 2.20. The molecule has 2 aromatic rings. The van der Waals surface area contributed by atoms with Gasteiger partial charge in [-0.25, -0.2) is 9.59 Å². The zero-order valence-electron chi connectivity index (χ0n) is 16.1. The summed E-state index contributed by atoms with van der Waals surface area (Å²) in [6, 6.07) is 14.1. The van der Waals surface area contributed by atoms with Gasteiger partial charge in [0.2, 0.25) is 0 Å². The zero-order chi connectivity index (χ0) is 20.9. The van der Waals surface area contributed by atoms with Crippen molar-refractivity contribution < 1.29 is 34.0 Å². The maximum absolute atomic E-state index is 9.10. The molecule has 3 N–H and O–H groups in total. The van der Waals surface area contributed by atoms with E-state index in [0.29, 0.717) is 0 Å². The quantitative estimate of drug-likeness (QED) is 0.463. The summed E-state index contributed by atoms with van der Waals surface area (Å²) in [5.74, 6) is -1.23. The van der Waals surface area contributed by atoms with Gasteiger partial charge in [0.15, 0.2) is 11.5 Å². The van der Waals surface area contributed by atoms with Crippen LogP contribution in [0, 0.1) is 0 Å². The Balaban J connectivity index is 0.000000568. The lowest BCUT2D eigenvalue weighted by atomic mass is 10.1. The van der Waals surface area contributed by atoms with Crippen molar-refractivity contribution in [3.8, 4) is 17.2 Å². The molecule has 0 saturated carbocycles. The van der Waals surface area contributed by atoms with E-state index in [1.165, 1.54) is 11.1 Å². The second-order valence-electron chi connectivity index (χ2n) is 5.57. The van der Waals surface area contributed by atoms with Crippen molar-refractivity contribution in [3.63, 3.8) is 0 Å². The molecule has 0 atom stereocenters. The zero-order valence-corrected chi connectivity index (χ0v) is 16.1. The number of carbonyl (C=O) groups is 2. The Morgan fingerprint density at radius 2 is 1.39 bits per heavy atom. The lowest BCUT2D eigenvalue weighted by molar-refractivity contribution is -0.159. The maximum Gasteiger partial charge on any atom is 0.414 e. The van der Waals surface area contributed by atoms with Crippen LogP contribution in [0.5, 0.6) is 17.2 Å². The van der Waals surface area contributed by atoms with E-state index in [4.69, 9.17) is 34.0 Å². The summed E-state index contributed by atoms with van der Waals surface area (Å²) in [4.78, 5) is 18.2. The topological polar surface area (TPSA) is 114 Å². The van der Waals surface area contributed by atoms with Gasteiger partial charge in [-0.3, -0.25) is 0 Å². The molecular formula is C20H25NO7. The number of rotatable bonds is 8. The molecule has 0 aromatic heterocycles. The van der Waals surface area contributed by atoms with E-state index in [-0.39, 0.29) is 0 Å². The molecule has 0 heterocycles. The van der Waals surface area contributed by atoms with E-state index in [0.717, 1.165) is 36.8 Å². The molecule has 0 aliphatic rings. The van der Waals surface area contributed by atoms with E-state index in [2.05, 4.69) is 23.5 Å². The Hall–Kier alpha value is -3.26. The Bertz CT molecular complexity index is 748. The van der Waals surface area contributed by atoms with E-state index in [1.54, 1.807) is 21.3 Å². The first-order chi connectivity index (χ1) is 13.4. The summed E-state index contributed by atoms with van der Waals surface area (Å²) in [6.45, 7) is 1.75. The lowest BCUT2D eigenvalue weighted by Gasteiger charge is -2.10. The number of nitrogens with one attached hydrogen (secondary N) is 1. The number of methoxy groups -OCH3 is 3. The minimum Gasteiger partial charge on any atom is -0.497 e. The smallest absolute Gasteiger partial charge is 0.414 e. The molecule has 8 heteroatoms. The second-order valence-corrected chi connectivity index (χ2v) is 5.57. The van der Waals surface area contributed by atoms with Crippen LogP contribution in [-0.2, 0) is 22.6 Å². The summed E-state index contributed by atoms with van der Waals surface area (Å²) in [6.07, 6.45) is 0.941. The Kier molecular flexibility index (Phi) is 9.91. The van der Waals surface area contributed by atoms with Crippen molar-refractivity contribution in [3.05, 3.63) is 53.6 Å². The monoisotopic (exact) mass is 391 g/mol.